The van der Waals surface area contributed by atoms with E-state index in [1.165, 1.54) is 30.3 Å². The molecular weight excluding hydrogens is 484 g/mol. The van der Waals surface area contributed by atoms with Gasteiger partial charge in [0.15, 0.2) is 5.76 Å². The van der Waals surface area contributed by atoms with Crippen molar-refractivity contribution in [2.75, 3.05) is 12.3 Å². The molecule has 1 aliphatic heterocycles. The number of carboxylic acid groups (broad SMARTS) is 1. The first-order chi connectivity index (χ1) is 16.0. The lowest BCUT2D eigenvalue weighted by molar-refractivity contribution is -0.137. The highest BCUT2D eigenvalue weighted by Crippen LogP contribution is 2.39. The highest BCUT2D eigenvalue weighted by molar-refractivity contribution is 8.03. The molecule has 11 heteroatoms. The Morgan fingerprint density at radius 1 is 1.06 bits per heavy atom. The molecule has 0 aromatic heterocycles. The van der Waals surface area contributed by atoms with Crippen LogP contribution in [0.15, 0.2) is 71.5 Å². The number of hydrogen-bond acceptors (Lipinski definition) is 4. The molecule has 2 aromatic rings. The first kappa shape index (κ1) is 25.5. The fourth-order valence-corrected chi connectivity index (χ4v) is 4.35. The van der Waals surface area contributed by atoms with E-state index in [1.807, 2.05) is 0 Å². The summed E-state index contributed by atoms with van der Waals surface area (Å²) in [4.78, 5) is 12.8. The molecule has 0 aliphatic carbocycles. The Morgan fingerprint density at radius 3 is 2.38 bits per heavy atom. The predicted octanol–water partition coefficient (Wildman–Crippen LogP) is 7.00. The number of ether oxygens (including phenoxy) is 1. The molecule has 0 unspecified atom stereocenters. The molecule has 0 spiro atoms. The van der Waals surface area contributed by atoms with Crippen molar-refractivity contribution >= 4 is 17.9 Å². The third-order valence-corrected chi connectivity index (χ3v) is 5.99. The fraction of sp³-hybridized carbons (Fsp3) is 0.261. The van der Waals surface area contributed by atoms with Gasteiger partial charge in [-0.25, -0.2) is 18.0 Å². The highest BCUT2D eigenvalue weighted by atomic mass is 32.2. The lowest BCUT2D eigenvalue weighted by Gasteiger charge is -2.30. The summed E-state index contributed by atoms with van der Waals surface area (Å²) in [7, 11) is 0. The van der Waals surface area contributed by atoms with Crippen LogP contribution in [0.4, 0.5) is 31.1 Å². The monoisotopic (exact) mass is 503 g/mol. The molecule has 182 valence electrons. The van der Waals surface area contributed by atoms with Crippen LogP contribution in [0.25, 0.3) is 0 Å². The molecule has 1 heterocycles. The van der Waals surface area contributed by atoms with Crippen LogP contribution in [-0.2, 0) is 23.4 Å². The number of alkyl halides is 5. The Bertz CT molecular complexity index is 1080. The Balaban J connectivity index is 1.76. The van der Waals surface area contributed by atoms with Gasteiger partial charge in [-0.2, -0.15) is 13.2 Å². The number of carbonyl (C=O) groups is 1. The minimum absolute atomic E-state index is 0.0618. The Hall–Kier alpha value is -3.08. The Morgan fingerprint density at radius 2 is 1.74 bits per heavy atom. The van der Waals surface area contributed by atoms with Gasteiger partial charge >= 0.3 is 12.3 Å². The molecule has 1 N–H and O–H groups in total. The smallest absolute Gasteiger partial charge is 0.449 e. The molecule has 0 radical (unpaired) electrons. The van der Waals surface area contributed by atoms with Crippen molar-refractivity contribution in [3.63, 3.8) is 0 Å². The standard InChI is InChI=1S/C23H19F6NO3S/c24-18-8-6-15(7-9-18)14-30-11-2-5-19(33-21(31)32)20(30)34-12-10-22(25,26)16-3-1-4-17(13-16)23(27,28)29/h1-9,13H,10-12,14H2,(H,31,32). The zero-order chi connectivity index (χ0) is 24.9. The third-order valence-electron chi connectivity index (χ3n) is 4.84. The second-order valence-electron chi connectivity index (χ2n) is 7.33. The van der Waals surface area contributed by atoms with Gasteiger partial charge in [0.05, 0.1) is 5.56 Å². The van der Waals surface area contributed by atoms with Crippen LogP contribution < -0.4 is 0 Å². The van der Waals surface area contributed by atoms with Gasteiger partial charge in [-0.3, -0.25) is 0 Å². The maximum Gasteiger partial charge on any atom is 0.511 e. The maximum atomic E-state index is 14.7. The molecule has 0 saturated carbocycles. The Kier molecular flexibility index (Phi) is 7.86. The summed E-state index contributed by atoms with van der Waals surface area (Å²) in [6.45, 7) is 0.541. The van der Waals surface area contributed by atoms with E-state index in [2.05, 4.69) is 0 Å². The summed E-state index contributed by atoms with van der Waals surface area (Å²) in [5.41, 5.74) is -1.23. The van der Waals surface area contributed by atoms with Crippen LogP contribution in [-0.4, -0.2) is 28.5 Å². The minimum Gasteiger partial charge on any atom is -0.449 e. The summed E-state index contributed by atoms with van der Waals surface area (Å²) in [6.07, 6.45) is -4.09. The zero-order valence-electron chi connectivity index (χ0n) is 17.5. The number of hydrogen-bond donors (Lipinski definition) is 1. The van der Waals surface area contributed by atoms with Crippen molar-refractivity contribution in [3.8, 4) is 0 Å². The van der Waals surface area contributed by atoms with Gasteiger partial charge < -0.3 is 14.7 Å². The van der Waals surface area contributed by atoms with E-state index in [0.29, 0.717) is 18.2 Å². The quantitative estimate of drug-likeness (QED) is 0.311. The summed E-state index contributed by atoms with van der Waals surface area (Å²) in [5.74, 6) is -4.28. The lowest BCUT2D eigenvalue weighted by Crippen LogP contribution is -2.26. The number of halogens is 6. The maximum absolute atomic E-state index is 14.7. The molecule has 2 aromatic carbocycles. The molecule has 4 nitrogen and oxygen atoms in total. The van der Waals surface area contributed by atoms with E-state index in [9.17, 15) is 31.1 Å². The molecular formula is C23H19F6NO3S. The van der Waals surface area contributed by atoms with E-state index in [4.69, 9.17) is 9.84 Å². The average molecular weight is 503 g/mol. The number of benzene rings is 2. The zero-order valence-corrected chi connectivity index (χ0v) is 18.3. The first-order valence-corrected chi connectivity index (χ1v) is 10.9. The molecule has 0 bridgehead atoms. The number of thioether (sulfide) groups is 1. The Labute approximate surface area is 195 Å². The van der Waals surface area contributed by atoms with Gasteiger partial charge in [-0.1, -0.05) is 30.3 Å². The summed E-state index contributed by atoms with van der Waals surface area (Å²) in [6, 6.07) is 8.60. The molecule has 0 saturated heterocycles. The van der Waals surface area contributed by atoms with Crippen molar-refractivity contribution in [3.05, 3.63) is 94.0 Å². The van der Waals surface area contributed by atoms with Crippen molar-refractivity contribution in [1.29, 1.82) is 0 Å². The third kappa shape index (κ3) is 6.72. The number of allylic oxidation sites excluding steroid dienone is 1. The fourth-order valence-electron chi connectivity index (χ4n) is 3.22. The van der Waals surface area contributed by atoms with E-state index >= 15 is 0 Å². The van der Waals surface area contributed by atoms with Crippen molar-refractivity contribution in [2.24, 2.45) is 0 Å². The van der Waals surface area contributed by atoms with E-state index in [-0.39, 0.29) is 23.1 Å². The second-order valence-corrected chi connectivity index (χ2v) is 8.41. The summed E-state index contributed by atoms with van der Waals surface area (Å²) in [5, 5.41) is 9.29. The van der Waals surface area contributed by atoms with Crippen LogP contribution in [0.5, 0.6) is 0 Å². The van der Waals surface area contributed by atoms with Crippen molar-refractivity contribution in [2.45, 2.75) is 25.1 Å². The van der Waals surface area contributed by atoms with Crippen LogP contribution >= 0.6 is 11.8 Å². The number of nitrogens with zero attached hydrogens (tertiary/aromatic N) is 1. The van der Waals surface area contributed by atoms with Crippen LogP contribution in [0.1, 0.15) is 23.1 Å². The minimum atomic E-state index is -4.75. The number of rotatable bonds is 8. The molecule has 0 fully saturated rings. The van der Waals surface area contributed by atoms with Gasteiger partial charge in [0, 0.05) is 30.8 Å². The van der Waals surface area contributed by atoms with Crippen molar-refractivity contribution in [1.82, 2.24) is 4.90 Å². The van der Waals surface area contributed by atoms with Crippen LogP contribution in [0.2, 0.25) is 0 Å². The highest BCUT2D eigenvalue weighted by Gasteiger charge is 2.36. The summed E-state index contributed by atoms with van der Waals surface area (Å²) < 4.78 is 86.0. The topological polar surface area (TPSA) is 49.8 Å². The average Bonchev–Trinajstić information content (AvgIpc) is 2.76. The van der Waals surface area contributed by atoms with Crippen LogP contribution in [0, 0.1) is 5.82 Å². The van der Waals surface area contributed by atoms with Gasteiger partial charge in [0.2, 0.25) is 0 Å². The lowest BCUT2D eigenvalue weighted by atomic mass is 10.0. The van der Waals surface area contributed by atoms with Crippen LogP contribution in [0.3, 0.4) is 0 Å². The van der Waals surface area contributed by atoms with Gasteiger partial charge in [0.25, 0.3) is 5.92 Å². The van der Waals surface area contributed by atoms with E-state index < -0.39 is 41.6 Å². The van der Waals surface area contributed by atoms with Gasteiger partial charge in [0.1, 0.15) is 10.8 Å². The molecule has 0 atom stereocenters. The molecule has 34 heavy (non-hydrogen) atoms. The van der Waals surface area contributed by atoms with E-state index in [1.54, 1.807) is 11.0 Å². The van der Waals surface area contributed by atoms with Gasteiger partial charge in [-0.15, -0.1) is 11.8 Å². The predicted molar refractivity (Wildman–Crippen MR) is 114 cm³/mol. The van der Waals surface area contributed by atoms with E-state index in [0.717, 1.165) is 30.0 Å². The molecule has 1 aliphatic rings. The first-order valence-electron chi connectivity index (χ1n) is 9.95. The normalized spacial score (nSPS) is 14.5. The summed E-state index contributed by atoms with van der Waals surface area (Å²) >= 11 is 0.899. The molecule has 0 amide bonds. The second kappa shape index (κ2) is 10.5. The largest absolute Gasteiger partial charge is 0.511 e. The SMILES string of the molecule is O=C(O)OC1=C(SCCC(F)(F)c2cccc(C(F)(F)F)c2)N(Cc2ccc(F)cc2)CC=C1. The molecule has 3 rings (SSSR count). The van der Waals surface area contributed by atoms with Gasteiger partial charge in [-0.05, 0) is 35.9 Å². The van der Waals surface area contributed by atoms with Crippen molar-refractivity contribution < 1.29 is 41.0 Å².